The monoisotopic (exact) mass is 308 g/mol. The van der Waals surface area contributed by atoms with Crippen LogP contribution in [0, 0.1) is 17.2 Å². The van der Waals surface area contributed by atoms with Gasteiger partial charge >= 0.3 is 5.97 Å². The van der Waals surface area contributed by atoms with Gasteiger partial charge in [-0.15, -0.1) is 0 Å². The maximum Gasteiger partial charge on any atom is 0.305 e. The van der Waals surface area contributed by atoms with Gasteiger partial charge in [0, 0.05) is 16.2 Å². The topological polar surface area (TPSA) is 73.1 Å². The quantitative estimate of drug-likeness (QED) is 0.877. The lowest BCUT2D eigenvalue weighted by atomic mass is 10.1. The van der Waals surface area contributed by atoms with Crippen molar-refractivity contribution < 1.29 is 9.90 Å². The van der Waals surface area contributed by atoms with E-state index in [0.29, 0.717) is 11.5 Å². The van der Waals surface area contributed by atoms with E-state index in [1.807, 2.05) is 6.07 Å². The van der Waals surface area contributed by atoms with Gasteiger partial charge in [-0.05, 0) is 52.9 Å². The Morgan fingerprint density at radius 3 is 2.83 bits per heavy atom. The molecule has 0 saturated heterocycles. The molecule has 0 bridgehead atoms. The molecule has 0 aliphatic heterocycles. The second-order valence-electron chi connectivity index (χ2n) is 4.49. The number of anilines is 1. The highest BCUT2D eigenvalue weighted by Gasteiger charge is 2.32. The number of benzene rings is 1. The van der Waals surface area contributed by atoms with Crippen molar-refractivity contribution in [3.05, 3.63) is 28.2 Å². The predicted octanol–water partition coefficient (Wildman–Crippen LogP) is 2.99. The number of nitriles is 1. The number of hydrogen-bond acceptors (Lipinski definition) is 3. The largest absolute Gasteiger partial charge is 0.481 e. The van der Waals surface area contributed by atoms with E-state index in [-0.39, 0.29) is 12.5 Å². The zero-order valence-electron chi connectivity index (χ0n) is 9.69. The number of aliphatic carboxylic acids is 1. The molecule has 1 atom stereocenters. The molecule has 1 saturated carbocycles. The third-order valence-electron chi connectivity index (χ3n) is 3.03. The zero-order chi connectivity index (χ0) is 13.1. The van der Waals surface area contributed by atoms with Crippen LogP contribution in [0.15, 0.2) is 22.7 Å². The molecule has 1 aliphatic carbocycles. The highest BCUT2D eigenvalue weighted by Crippen LogP contribution is 2.36. The van der Waals surface area contributed by atoms with Gasteiger partial charge in [-0.25, -0.2) is 0 Å². The summed E-state index contributed by atoms with van der Waals surface area (Å²) in [4.78, 5) is 10.8. The van der Waals surface area contributed by atoms with E-state index in [1.54, 1.807) is 12.1 Å². The summed E-state index contributed by atoms with van der Waals surface area (Å²) in [5.74, 6) is -0.331. The van der Waals surface area contributed by atoms with E-state index < -0.39 is 5.97 Å². The van der Waals surface area contributed by atoms with Gasteiger partial charge in [0.05, 0.1) is 12.0 Å². The zero-order valence-corrected chi connectivity index (χ0v) is 11.3. The summed E-state index contributed by atoms with van der Waals surface area (Å²) in [5.41, 5.74) is 1.42. The van der Waals surface area contributed by atoms with Crippen molar-refractivity contribution in [1.29, 1.82) is 5.26 Å². The first-order valence-corrected chi connectivity index (χ1v) is 6.57. The molecule has 0 spiro atoms. The smallest absolute Gasteiger partial charge is 0.305 e. The minimum absolute atomic E-state index is 0.0256. The molecule has 0 amide bonds. The van der Waals surface area contributed by atoms with Crippen LogP contribution in [-0.2, 0) is 4.79 Å². The van der Waals surface area contributed by atoms with Crippen molar-refractivity contribution in [3.63, 3.8) is 0 Å². The van der Waals surface area contributed by atoms with Gasteiger partial charge in [-0.3, -0.25) is 4.79 Å². The van der Waals surface area contributed by atoms with Crippen molar-refractivity contribution in [1.82, 2.24) is 0 Å². The van der Waals surface area contributed by atoms with E-state index in [1.165, 1.54) is 0 Å². The number of rotatable bonds is 5. The molecule has 0 aromatic heterocycles. The van der Waals surface area contributed by atoms with Gasteiger partial charge in [-0.1, -0.05) is 0 Å². The van der Waals surface area contributed by atoms with Gasteiger partial charge in [0.25, 0.3) is 0 Å². The van der Waals surface area contributed by atoms with Crippen LogP contribution in [0.3, 0.4) is 0 Å². The molecule has 0 heterocycles. The van der Waals surface area contributed by atoms with Crippen LogP contribution in [0.25, 0.3) is 0 Å². The average molecular weight is 309 g/mol. The number of carboxylic acids is 1. The number of hydrogen-bond donors (Lipinski definition) is 2. The summed E-state index contributed by atoms with van der Waals surface area (Å²) in [6.07, 6.45) is 2.30. The first-order chi connectivity index (χ1) is 8.60. The lowest BCUT2D eigenvalue weighted by Crippen LogP contribution is -2.25. The standard InChI is InChI=1S/C13H13BrN2O2/c14-11-5-10(4-3-9(11)7-15)16-12(6-13(17)18)8-1-2-8/h3-5,8,12,16H,1-2,6H2,(H,17,18). The molecule has 1 aliphatic rings. The Bertz CT molecular complexity index is 506. The average Bonchev–Trinajstić information content (AvgIpc) is 3.11. The van der Waals surface area contributed by atoms with Crippen LogP contribution in [0.5, 0.6) is 0 Å². The molecule has 2 rings (SSSR count). The van der Waals surface area contributed by atoms with Crippen molar-refractivity contribution in [2.45, 2.75) is 25.3 Å². The Kier molecular flexibility index (Phi) is 3.87. The third-order valence-corrected chi connectivity index (χ3v) is 3.68. The van der Waals surface area contributed by atoms with Crippen molar-refractivity contribution >= 4 is 27.6 Å². The first-order valence-electron chi connectivity index (χ1n) is 5.78. The SMILES string of the molecule is N#Cc1ccc(NC(CC(=O)O)C2CC2)cc1Br. The Morgan fingerprint density at radius 1 is 1.61 bits per heavy atom. The fourth-order valence-electron chi connectivity index (χ4n) is 1.93. The molecule has 94 valence electrons. The molecule has 18 heavy (non-hydrogen) atoms. The van der Waals surface area contributed by atoms with Gasteiger partial charge in [0.15, 0.2) is 0 Å². The summed E-state index contributed by atoms with van der Waals surface area (Å²) >= 11 is 3.32. The first kappa shape index (κ1) is 12.9. The highest BCUT2D eigenvalue weighted by atomic mass is 79.9. The maximum absolute atomic E-state index is 10.8. The van der Waals surface area contributed by atoms with Crippen molar-refractivity contribution in [2.24, 2.45) is 5.92 Å². The van der Waals surface area contributed by atoms with Gasteiger partial charge < -0.3 is 10.4 Å². The Morgan fingerprint density at radius 2 is 2.33 bits per heavy atom. The van der Waals surface area contributed by atoms with Gasteiger partial charge in [0.2, 0.25) is 0 Å². The fourth-order valence-corrected chi connectivity index (χ4v) is 2.40. The fraction of sp³-hybridized carbons (Fsp3) is 0.385. The minimum Gasteiger partial charge on any atom is -0.481 e. The maximum atomic E-state index is 10.8. The minimum atomic E-state index is -0.785. The second-order valence-corrected chi connectivity index (χ2v) is 5.35. The second kappa shape index (κ2) is 5.40. The van der Waals surface area contributed by atoms with Crippen LogP contribution in [0.4, 0.5) is 5.69 Å². The summed E-state index contributed by atoms with van der Waals surface area (Å²) in [6, 6.07) is 7.39. The van der Waals surface area contributed by atoms with E-state index in [0.717, 1.165) is 23.0 Å². The van der Waals surface area contributed by atoms with E-state index in [4.69, 9.17) is 10.4 Å². The summed E-state index contributed by atoms with van der Waals surface area (Å²) in [5, 5.41) is 21.0. The summed E-state index contributed by atoms with van der Waals surface area (Å²) < 4.78 is 0.722. The van der Waals surface area contributed by atoms with Gasteiger partial charge in [0.1, 0.15) is 6.07 Å². The molecule has 2 N–H and O–H groups in total. The third kappa shape index (κ3) is 3.23. The molecule has 4 nitrogen and oxygen atoms in total. The highest BCUT2D eigenvalue weighted by molar-refractivity contribution is 9.10. The predicted molar refractivity (Wildman–Crippen MR) is 71.2 cm³/mol. The van der Waals surface area contributed by atoms with Gasteiger partial charge in [-0.2, -0.15) is 5.26 Å². The molecule has 0 radical (unpaired) electrons. The van der Waals surface area contributed by atoms with Crippen LogP contribution in [0.1, 0.15) is 24.8 Å². The lowest BCUT2D eigenvalue weighted by molar-refractivity contribution is -0.137. The molecule has 1 unspecified atom stereocenters. The summed E-state index contributed by atoms with van der Waals surface area (Å²) in [6.45, 7) is 0. The van der Waals surface area contributed by atoms with E-state index >= 15 is 0 Å². The van der Waals surface area contributed by atoms with Crippen LogP contribution in [-0.4, -0.2) is 17.1 Å². The molecule has 1 aromatic rings. The number of carbonyl (C=O) groups is 1. The van der Waals surface area contributed by atoms with Crippen molar-refractivity contribution in [2.75, 3.05) is 5.32 Å². The molecule has 1 fully saturated rings. The normalized spacial score (nSPS) is 15.8. The van der Waals surface area contributed by atoms with Crippen molar-refractivity contribution in [3.8, 4) is 6.07 Å². The van der Waals surface area contributed by atoms with E-state index in [2.05, 4.69) is 27.3 Å². The number of nitrogens with one attached hydrogen (secondary N) is 1. The summed E-state index contributed by atoms with van der Waals surface area (Å²) in [7, 11) is 0. The van der Waals surface area contributed by atoms with E-state index in [9.17, 15) is 4.79 Å². The Balaban J connectivity index is 2.09. The Labute approximate surface area is 114 Å². The molecular weight excluding hydrogens is 296 g/mol. The molecule has 1 aromatic carbocycles. The molecular formula is C13H13BrN2O2. The van der Waals surface area contributed by atoms with Crippen LogP contribution >= 0.6 is 15.9 Å². The van der Waals surface area contributed by atoms with Crippen LogP contribution < -0.4 is 5.32 Å². The van der Waals surface area contributed by atoms with Crippen LogP contribution in [0.2, 0.25) is 0 Å². The lowest BCUT2D eigenvalue weighted by Gasteiger charge is -2.17. The number of halogens is 1. The number of nitrogens with zero attached hydrogens (tertiary/aromatic N) is 1. The molecule has 5 heteroatoms. The number of carboxylic acid groups (broad SMARTS) is 1. The Hall–Kier alpha value is -1.54.